The highest BCUT2D eigenvalue weighted by Gasteiger charge is 2.67. The lowest BCUT2D eigenvalue weighted by Gasteiger charge is -2.44. The normalized spacial score (nSPS) is 42.8. The number of rotatable bonds is 13. The predicted molar refractivity (Wildman–Crippen MR) is 164 cm³/mol. The van der Waals surface area contributed by atoms with Crippen molar-refractivity contribution in [2.45, 2.75) is 162 Å². The van der Waals surface area contributed by atoms with Gasteiger partial charge in [-0.1, -0.05) is 62.3 Å². The smallest absolute Gasteiger partial charge is 0.344 e. The number of Topliss-reactive ketones (excluding diaryl/α,β-unsaturated/α-hetero) is 1. The Morgan fingerprint density at radius 1 is 0.955 bits per heavy atom. The minimum atomic E-state index is -1.63. The van der Waals surface area contributed by atoms with Gasteiger partial charge < -0.3 is 34.4 Å². The SMILES string of the molecule is CC[C@@H](C(=O)[C@@H](C)[C@@H](O)[C@@H](C)[C@H]1O[C@@H](CC(=O)OO)[C@H](C)C[C@@H]1C)[C@H]1O[C@](C)([C@]2(O)O[C@](CC)([C@@H](O)CC)C[C@H]2C)C[C@@H]1C. The Balaban J connectivity index is 1.76. The van der Waals surface area contributed by atoms with Crippen molar-refractivity contribution in [3.05, 3.63) is 0 Å². The fourth-order valence-electron chi connectivity index (χ4n) is 8.86. The van der Waals surface area contributed by atoms with Crippen LogP contribution in [-0.2, 0) is 28.7 Å². The zero-order chi connectivity index (χ0) is 33.4. The first-order chi connectivity index (χ1) is 20.4. The molecular formula is C34H60O10. The molecule has 3 rings (SSSR count). The fraction of sp³-hybridized carbons (Fsp3) is 0.941. The topological polar surface area (TPSA) is 152 Å². The standard InChI is InChI=1S/C34H60O10/c1-11-24(29(38)22(8)28(37)23(9)30-19(5)14-18(4)25(41-30)15-27(36)43-40)31-20(6)16-32(10,42-31)34(39)21(7)17-33(13-3,44-34)26(35)12-2/h18-26,28,30-31,35,37,39-40H,11-17H2,1-10H3/t18-,19+,20+,21-,22+,23-,24+,25+,26+,28-,30+,31+,32+,33+,34-/m1/s1. The number of carbonyl (C=O) groups is 2. The Hall–Kier alpha value is -1.14. The third-order valence-corrected chi connectivity index (χ3v) is 11.7. The summed E-state index contributed by atoms with van der Waals surface area (Å²) in [6.07, 6.45) is 0.237. The molecule has 4 N–H and O–H groups in total. The summed E-state index contributed by atoms with van der Waals surface area (Å²) in [5.74, 6) is -4.28. The van der Waals surface area contributed by atoms with Gasteiger partial charge in [-0.3, -0.25) is 4.79 Å². The third kappa shape index (κ3) is 6.78. The Labute approximate surface area is 264 Å². The molecule has 3 aliphatic rings. The summed E-state index contributed by atoms with van der Waals surface area (Å²) >= 11 is 0. The van der Waals surface area contributed by atoms with Crippen LogP contribution in [-0.4, -0.2) is 79.8 Å². The first-order valence-corrected chi connectivity index (χ1v) is 16.9. The zero-order valence-electron chi connectivity index (χ0n) is 28.6. The second kappa shape index (κ2) is 14.3. The summed E-state index contributed by atoms with van der Waals surface area (Å²) in [6.45, 7) is 19.3. The van der Waals surface area contributed by atoms with Crippen LogP contribution < -0.4 is 0 Å². The van der Waals surface area contributed by atoms with Gasteiger partial charge in [-0.25, -0.2) is 4.79 Å². The van der Waals surface area contributed by atoms with Crippen molar-refractivity contribution in [3.63, 3.8) is 0 Å². The molecule has 0 amide bonds. The van der Waals surface area contributed by atoms with Gasteiger partial charge in [-0.05, 0) is 63.2 Å². The van der Waals surface area contributed by atoms with Crippen LogP contribution in [0.5, 0.6) is 0 Å². The Morgan fingerprint density at radius 3 is 2.14 bits per heavy atom. The van der Waals surface area contributed by atoms with Crippen molar-refractivity contribution in [1.29, 1.82) is 0 Å². The summed E-state index contributed by atoms with van der Waals surface area (Å²) in [7, 11) is 0. The van der Waals surface area contributed by atoms with Crippen LogP contribution in [0.4, 0.5) is 0 Å². The van der Waals surface area contributed by atoms with E-state index >= 15 is 0 Å². The van der Waals surface area contributed by atoms with E-state index in [0.717, 1.165) is 6.42 Å². The predicted octanol–water partition coefficient (Wildman–Crippen LogP) is 4.90. The molecule has 0 aromatic rings. The average Bonchev–Trinajstić information content (AvgIpc) is 3.46. The molecule has 0 radical (unpaired) electrons. The van der Waals surface area contributed by atoms with Gasteiger partial charge in [0.2, 0.25) is 0 Å². The molecule has 0 unspecified atom stereocenters. The van der Waals surface area contributed by atoms with Crippen molar-refractivity contribution in [3.8, 4) is 0 Å². The van der Waals surface area contributed by atoms with Gasteiger partial charge in [0.1, 0.15) is 11.4 Å². The van der Waals surface area contributed by atoms with E-state index in [-0.39, 0.29) is 42.0 Å². The van der Waals surface area contributed by atoms with E-state index in [1.54, 1.807) is 6.92 Å². The van der Waals surface area contributed by atoms with Crippen LogP contribution >= 0.6 is 0 Å². The molecule has 0 aromatic carbocycles. The number of hydrogen-bond acceptors (Lipinski definition) is 10. The van der Waals surface area contributed by atoms with Crippen molar-refractivity contribution < 1.29 is 49.3 Å². The Kier molecular flexibility index (Phi) is 12.1. The van der Waals surface area contributed by atoms with Crippen LogP contribution in [0.3, 0.4) is 0 Å². The summed E-state index contributed by atoms with van der Waals surface area (Å²) in [4.78, 5) is 29.7. The zero-order valence-corrected chi connectivity index (χ0v) is 28.6. The first-order valence-electron chi connectivity index (χ1n) is 16.9. The quantitative estimate of drug-likeness (QED) is 0.164. The number of aliphatic hydroxyl groups excluding tert-OH is 2. The monoisotopic (exact) mass is 628 g/mol. The number of aliphatic hydroxyl groups is 3. The highest BCUT2D eigenvalue weighted by Crippen LogP contribution is 2.56. The van der Waals surface area contributed by atoms with Gasteiger partial charge in [-0.2, -0.15) is 5.26 Å². The van der Waals surface area contributed by atoms with E-state index in [1.165, 1.54) is 0 Å². The maximum Gasteiger partial charge on any atom is 0.344 e. The van der Waals surface area contributed by atoms with Crippen molar-refractivity contribution in [1.82, 2.24) is 0 Å². The summed E-state index contributed by atoms with van der Waals surface area (Å²) in [5, 5.41) is 43.2. The lowest BCUT2D eigenvalue weighted by Crippen LogP contribution is -2.57. The van der Waals surface area contributed by atoms with Gasteiger partial charge in [0.15, 0.2) is 5.79 Å². The van der Waals surface area contributed by atoms with Gasteiger partial charge in [-0.15, -0.1) is 0 Å². The molecule has 15 atom stereocenters. The molecule has 10 nitrogen and oxygen atoms in total. The molecule has 3 saturated heterocycles. The molecular weight excluding hydrogens is 568 g/mol. The number of ketones is 1. The average molecular weight is 629 g/mol. The molecule has 10 heteroatoms. The van der Waals surface area contributed by atoms with E-state index in [0.29, 0.717) is 32.1 Å². The van der Waals surface area contributed by atoms with Crippen molar-refractivity contribution >= 4 is 11.8 Å². The maximum atomic E-state index is 14.1. The van der Waals surface area contributed by atoms with E-state index in [9.17, 15) is 24.9 Å². The second-order valence-electron chi connectivity index (χ2n) is 14.8. The summed E-state index contributed by atoms with van der Waals surface area (Å²) in [5.41, 5.74) is -1.95. The number of hydrogen-bond donors (Lipinski definition) is 4. The number of ether oxygens (including phenoxy) is 3. The highest BCUT2D eigenvalue weighted by molar-refractivity contribution is 5.84. The molecule has 44 heavy (non-hydrogen) atoms. The van der Waals surface area contributed by atoms with Crippen LogP contribution in [0.15, 0.2) is 0 Å². The summed E-state index contributed by atoms with van der Waals surface area (Å²) in [6, 6.07) is 0. The van der Waals surface area contributed by atoms with Crippen LogP contribution in [0.2, 0.25) is 0 Å². The van der Waals surface area contributed by atoms with E-state index in [2.05, 4.69) is 4.89 Å². The van der Waals surface area contributed by atoms with E-state index in [1.807, 2.05) is 62.3 Å². The van der Waals surface area contributed by atoms with Gasteiger partial charge in [0.25, 0.3) is 0 Å². The van der Waals surface area contributed by atoms with Crippen LogP contribution in [0, 0.1) is 41.4 Å². The third-order valence-electron chi connectivity index (χ3n) is 11.7. The van der Waals surface area contributed by atoms with Crippen molar-refractivity contribution in [2.75, 3.05) is 0 Å². The minimum absolute atomic E-state index is 0.0570. The van der Waals surface area contributed by atoms with Crippen LogP contribution in [0.1, 0.15) is 114 Å². The molecule has 0 spiro atoms. The largest absolute Gasteiger partial charge is 0.392 e. The van der Waals surface area contributed by atoms with Gasteiger partial charge in [0.05, 0.1) is 42.5 Å². The Bertz CT molecular complexity index is 991. The Morgan fingerprint density at radius 2 is 1.59 bits per heavy atom. The maximum absolute atomic E-state index is 14.1. The van der Waals surface area contributed by atoms with E-state index in [4.69, 9.17) is 19.5 Å². The highest BCUT2D eigenvalue weighted by atomic mass is 17.1. The summed E-state index contributed by atoms with van der Waals surface area (Å²) < 4.78 is 19.4. The second-order valence-corrected chi connectivity index (χ2v) is 14.8. The molecule has 0 aromatic heterocycles. The van der Waals surface area contributed by atoms with Crippen LogP contribution in [0.25, 0.3) is 0 Å². The van der Waals surface area contributed by atoms with E-state index < -0.39 is 65.1 Å². The minimum Gasteiger partial charge on any atom is -0.392 e. The molecule has 3 fully saturated rings. The van der Waals surface area contributed by atoms with Crippen molar-refractivity contribution in [2.24, 2.45) is 41.4 Å². The molecule has 0 bridgehead atoms. The molecule has 3 aliphatic heterocycles. The number of carbonyl (C=O) groups excluding carboxylic acids is 2. The molecule has 3 heterocycles. The molecule has 0 aliphatic carbocycles. The fourth-order valence-corrected chi connectivity index (χ4v) is 8.86. The lowest BCUT2D eigenvalue weighted by molar-refractivity contribution is -0.332. The lowest BCUT2D eigenvalue weighted by atomic mass is 9.74. The molecule has 256 valence electrons. The van der Waals surface area contributed by atoms with Gasteiger partial charge >= 0.3 is 5.97 Å². The molecule has 0 saturated carbocycles. The first kappa shape index (κ1) is 37.3. The van der Waals surface area contributed by atoms with Gasteiger partial charge in [0, 0.05) is 23.7 Å².